The molecule has 0 saturated carbocycles. The Labute approximate surface area is 269 Å². The van der Waals surface area contributed by atoms with Crippen LogP contribution in [-0.4, -0.2) is 83.1 Å². The number of phenolic OH excluding ortho intramolecular Hbond substituents is 2. The maximum Gasteiger partial charge on any atom is 2.00 e. The standard InChI is InChI=1S/2C13H19N3O2S.2Cu/c2*1-4-16(5-2)13(19)15-14-9-10-8-11(18-3)6-7-12(10)17;;/h2*6-9,17H,4-5H2,1-3H3,(H,15,19);;/q;;;+2/b2*14-9+;;. The number of aromatic hydroxyl groups is 2. The maximum atomic E-state index is 9.68. The monoisotopic (exact) mass is 688 g/mol. The summed E-state index contributed by atoms with van der Waals surface area (Å²) in [4.78, 5) is 3.94. The molecule has 0 spiro atoms. The maximum absolute atomic E-state index is 9.68. The molecule has 228 valence electrons. The molecule has 0 amide bonds. The minimum Gasteiger partial charge on any atom is -0.507 e. The van der Waals surface area contributed by atoms with Gasteiger partial charge in [0, 0.05) is 54.4 Å². The van der Waals surface area contributed by atoms with E-state index in [2.05, 4.69) is 21.1 Å². The van der Waals surface area contributed by atoms with Gasteiger partial charge in [-0.1, -0.05) is 0 Å². The fraction of sp³-hybridized carbons (Fsp3) is 0.385. The van der Waals surface area contributed by atoms with Crippen molar-refractivity contribution in [3.63, 3.8) is 0 Å². The van der Waals surface area contributed by atoms with Gasteiger partial charge >= 0.3 is 17.1 Å². The Bertz CT molecular complexity index is 1020. The molecule has 2 rings (SSSR count). The zero-order chi connectivity index (χ0) is 28.5. The van der Waals surface area contributed by atoms with Crippen LogP contribution in [0.1, 0.15) is 38.8 Å². The number of hydrogen-bond acceptors (Lipinski definition) is 8. The summed E-state index contributed by atoms with van der Waals surface area (Å²) < 4.78 is 10.2. The van der Waals surface area contributed by atoms with Crippen LogP contribution in [0.3, 0.4) is 0 Å². The quantitative estimate of drug-likeness (QED) is 0.127. The van der Waals surface area contributed by atoms with Crippen molar-refractivity contribution in [3.05, 3.63) is 47.5 Å². The molecule has 0 aliphatic rings. The van der Waals surface area contributed by atoms with Crippen LogP contribution in [0.25, 0.3) is 0 Å². The van der Waals surface area contributed by atoms with Crippen LogP contribution in [0, 0.1) is 0 Å². The second kappa shape index (κ2) is 22.1. The normalized spacial score (nSPS) is 9.95. The number of methoxy groups -OCH3 is 2. The molecule has 0 bridgehead atoms. The number of phenols is 2. The van der Waals surface area contributed by atoms with E-state index in [0.717, 1.165) is 26.2 Å². The molecule has 14 heteroatoms. The Hall–Kier alpha value is -2.60. The number of nitrogens with one attached hydrogen (secondary N) is 2. The number of hydrazone groups is 2. The van der Waals surface area contributed by atoms with Crippen molar-refractivity contribution >= 4 is 47.1 Å². The molecule has 0 aliphatic heterocycles. The average Bonchev–Trinajstić information content (AvgIpc) is 2.92. The molecule has 2 radical (unpaired) electrons. The minimum atomic E-state index is 0. The van der Waals surface area contributed by atoms with Gasteiger partial charge in [0.15, 0.2) is 10.2 Å². The molecule has 40 heavy (non-hydrogen) atoms. The van der Waals surface area contributed by atoms with Crippen molar-refractivity contribution in [1.29, 1.82) is 0 Å². The van der Waals surface area contributed by atoms with Gasteiger partial charge in [0.25, 0.3) is 0 Å². The van der Waals surface area contributed by atoms with E-state index >= 15 is 0 Å². The van der Waals surface area contributed by atoms with Crippen LogP contribution in [0.2, 0.25) is 0 Å². The van der Waals surface area contributed by atoms with Crippen LogP contribution in [0.5, 0.6) is 23.0 Å². The number of ether oxygens (including phenoxy) is 2. The van der Waals surface area contributed by atoms with E-state index in [1.165, 1.54) is 12.4 Å². The third-order valence-electron chi connectivity index (χ3n) is 5.30. The summed E-state index contributed by atoms with van der Waals surface area (Å²) in [6.45, 7) is 11.4. The van der Waals surface area contributed by atoms with Crippen molar-refractivity contribution in [3.8, 4) is 23.0 Å². The number of hydrogen-bond donors (Lipinski definition) is 4. The molecule has 10 nitrogen and oxygen atoms in total. The smallest absolute Gasteiger partial charge is 0.507 e. The Balaban J connectivity index is 0. The summed E-state index contributed by atoms with van der Waals surface area (Å²) in [5, 5.41) is 28.5. The van der Waals surface area contributed by atoms with E-state index in [1.807, 2.05) is 37.5 Å². The Kier molecular flexibility index (Phi) is 21.9. The largest absolute Gasteiger partial charge is 2.00 e. The molecule has 4 N–H and O–H groups in total. The van der Waals surface area contributed by atoms with E-state index in [4.69, 9.17) is 33.9 Å². The van der Waals surface area contributed by atoms with Gasteiger partial charge in [-0.2, -0.15) is 10.2 Å². The Morgan fingerprint density at radius 2 is 1.07 bits per heavy atom. The summed E-state index contributed by atoms with van der Waals surface area (Å²) in [5.41, 5.74) is 6.67. The molecule has 0 heterocycles. The van der Waals surface area contributed by atoms with Gasteiger partial charge in [-0.15, -0.1) is 0 Å². The van der Waals surface area contributed by atoms with Gasteiger partial charge in [0.05, 0.1) is 26.6 Å². The van der Waals surface area contributed by atoms with Crippen molar-refractivity contribution in [2.24, 2.45) is 10.2 Å². The van der Waals surface area contributed by atoms with Crippen LogP contribution in [0.15, 0.2) is 46.6 Å². The van der Waals surface area contributed by atoms with Crippen molar-refractivity contribution in [1.82, 2.24) is 20.7 Å². The average molecular weight is 690 g/mol. The van der Waals surface area contributed by atoms with Crippen molar-refractivity contribution in [2.75, 3.05) is 40.4 Å². The van der Waals surface area contributed by atoms with E-state index in [1.54, 1.807) is 50.6 Å². The summed E-state index contributed by atoms with van der Waals surface area (Å²) in [6.07, 6.45) is 3.02. The fourth-order valence-electron chi connectivity index (χ4n) is 3.00. The van der Waals surface area contributed by atoms with Crippen LogP contribution in [-0.2, 0) is 34.1 Å². The summed E-state index contributed by atoms with van der Waals surface area (Å²) in [6, 6.07) is 9.87. The molecular weight excluding hydrogens is 652 g/mol. The molecular formula is C26H38Cu2N6O4S2+2. The van der Waals surface area contributed by atoms with Gasteiger partial charge < -0.3 is 29.5 Å². The molecule has 0 atom stereocenters. The molecule has 2 aromatic rings. The Morgan fingerprint density at radius 1 is 0.750 bits per heavy atom. The van der Waals surface area contributed by atoms with Crippen molar-refractivity contribution in [2.45, 2.75) is 27.7 Å². The SMILES string of the molecule is CCN(CC)C(=S)N/N=C/c1cc(OC)ccc1O.CCN(CC)C(=S)N/N=C/c1cc(OC)ccc1O.[Cu+2].[Cu]. The second-order valence-electron chi connectivity index (χ2n) is 7.54. The molecule has 0 saturated heterocycles. The van der Waals surface area contributed by atoms with Gasteiger partial charge in [0.1, 0.15) is 23.0 Å². The van der Waals surface area contributed by atoms with E-state index < -0.39 is 0 Å². The molecule has 2 aromatic carbocycles. The number of thiocarbonyl (C=S) groups is 2. The van der Waals surface area contributed by atoms with Gasteiger partial charge in [0.2, 0.25) is 0 Å². The number of nitrogens with zero attached hydrogens (tertiary/aromatic N) is 4. The predicted octanol–water partition coefficient (Wildman–Crippen LogP) is 3.90. The molecule has 0 fully saturated rings. The first-order valence-electron chi connectivity index (χ1n) is 12.1. The topological polar surface area (TPSA) is 114 Å². The van der Waals surface area contributed by atoms with Gasteiger partial charge in [-0.05, 0) is 88.5 Å². The van der Waals surface area contributed by atoms with Crippen molar-refractivity contribution < 1.29 is 53.8 Å². The van der Waals surface area contributed by atoms with E-state index in [-0.39, 0.29) is 45.6 Å². The first kappa shape index (κ1) is 39.5. The first-order chi connectivity index (χ1) is 18.2. The first-order valence-corrected chi connectivity index (χ1v) is 13.0. The summed E-state index contributed by atoms with van der Waals surface area (Å²) in [7, 11) is 3.14. The number of benzene rings is 2. The molecule has 0 aromatic heterocycles. The molecule has 0 unspecified atom stereocenters. The third kappa shape index (κ3) is 13.6. The zero-order valence-corrected chi connectivity index (χ0v) is 26.9. The van der Waals surface area contributed by atoms with Crippen LogP contribution in [0.4, 0.5) is 0 Å². The summed E-state index contributed by atoms with van der Waals surface area (Å²) >= 11 is 10.4. The van der Waals surface area contributed by atoms with Crippen LogP contribution < -0.4 is 20.3 Å². The third-order valence-corrected chi connectivity index (χ3v) is 6.00. The van der Waals surface area contributed by atoms with E-state index in [9.17, 15) is 10.2 Å². The van der Waals surface area contributed by atoms with Gasteiger partial charge in [-0.3, -0.25) is 10.9 Å². The summed E-state index contributed by atoms with van der Waals surface area (Å²) in [5.74, 6) is 1.59. The van der Waals surface area contributed by atoms with Gasteiger partial charge in [-0.25, -0.2) is 0 Å². The predicted molar refractivity (Wildman–Crippen MR) is 162 cm³/mol. The minimum absolute atomic E-state index is 0. The second-order valence-corrected chi connectivity index (χ2v) is 8.32. The number of rotatable bonds is 10. The molecule has 0 aliphatic carbocycles. The van der Waals surface area contributed by atoms with E-state index in [0.29, 0.717) is 32.9 Å². The Morgan fingerprint density at radius 3 is 1.35 bits per heavy atom. The zero-order valence-electron chi connectivity index (χ0n) is 23.4. The van der Waals surface area contributed by atoms with Crippen LogP contribution >= 0.6 is 24.4 Å². The fourth-order valence-corrected chi connectivity index (χ4v) is 3.62.